The van der Waals surface area contributed by atoms with Gasteiger partial charge in [0.1, 0.15) is 0 Å². The second kappa shape index (κ2) is 5.32. The molecule has 1 N–H and O–H groups in total. The van der Waals surface area contributed by atoms with Gasteiger partial charge in [0.05, 0.1) is 0 Å². The highest BCUT2D eigenvalue weighted by Gasteiger charge is 2.35. The summed E-state index contributed by atoms with van der Waals surface area (Å²) in [6.07, 6.45) is 0.662. The molecule has 1 aliphatic heterocycles. The van der Waals surface area contributed by atoms with Crippen molar-refractivity contribution in [3.63, 3.8) is 0 Å². The highest BCUT2D eigenvalue weighted by Crippen LogP contribution is 2.24. The number of rotatable bonds is 5. The average Bonchev–Trinajstić information content (AvgIpc) is 2.64. The van der Waals surface area contributed by atoms with Crippen LogP contribution in [-0.4, -0.2) is 54.3 Å². The Kier molecular flexibility index (Phi) is 4.51. The first-order valence-electron chi connectivity index (χ1n) is 5.70. The lowest BCUT2D eigenvalue weighted by atomic mass is 10.1. The summed E-state index contributed by atoms with van der Waals surface area (Å²) >= 11 is 0. The van der Waals surface area contributed by atoms with Crippen molar-refractivity contribution >= 4 is 16.2 Å². The summed E-state index contributed by atoms with van der Waals surface area (Å²) in [6, 6.07) is -0.0986. The lowest BCUT2D eigenvalue weighted by Crippen LogP contribution is -2.43. The molecule has 7 heteroatoms. The van der Waals surface area contributed by atoms with Gasteiger partial charge in [0.2, 0.25) is 0 Å². The van der Waals surface area contributed by atoms with Crippen LogP contribution in [0.15, 0.2) is 0 Å². The number of hydrogen-bond acceptors (Lipinski definition) is 3. The van der Waals surface area contributed by atoms with E-state index in [0.717, 1.165) is 0 Å². The molecule has 0 saturated carbocycles. The van der Waals surface area contributed by atoms with E-state index in [-0.39, 0.29) is 18.4 Å². The zero-order valence-corrected chi connectivity index (χ0v) is 11.3. The first-order chi connectivity index (χ1) is 7.75. The number of nitrogens with zero attached hydrogens (tertiary/aromatic N) is 2. The van der Waals surface area contributed by atoms with Gasteiger partial charge in [0.25, 0.3) is 10.2 Å². The Morgan fingerprint density at radius 3 is 2.59 bits per heavy atom. The van der Waals surface area contributed by atoms with Crippen molar-refractivity contribution in [1.82, 2.24) is 8.61 Å². The molecule has 0 radical (unpaired) electrons. The van der Waals surface area contributed by atoms with Crippen LogP contribution in [0.5, 0.6) is 0 Å². The molecular formula is C10H20N2O4S. The van der Waals surface area contributed by atoms with Crippen LogP contribution in [-0.2, 0) is 15.0 Å². The van der Waals surface area contributed by atoms with Crippen LogP contribution < -0.4 is 0 Å². The summed E-state index contributed by atoms with van der Waals surface area (Å²) in [5, 5.41) is 8.68. The minimum atomic E-state index is -3.43. The molecule has 1 saturated heterocycles. The molecule has 0 amide bonds. The molecule has 17 heavy (non-hydrogen) atoms. The van der Waals surface area contributed by atoms with Crippen LogP contribution in [0.3, 0.4) is 0 Å². The van der Waals surface area contributed by atoms with Gasteiger partial charge in [-0.2, -0.15) is 17.0 Å². The monoisotopic (exact) mass is 264 g/mol. The fourth-order valence-electron chi connectivity index (χ4n) is 1.87. The van der Waals surface area contributed by atoms with E-state index in [9.17, 15) is 13.2 Å². The van der Waals surface area contributed by atoms with E-state index in [1.54, 1.807) is 7.05 Å². The van der Waals surface area contributed by atoms with Crippen LogP contribution in [0, 0.1) is 5.92 Å². The molecule has 1 rings (SSSR count). The molecule has 1 fully saturated rings. The Labute approximate surface area is 102 Å². The van der Waals surface area contributed by atoms with Gasteiger partial charge >= 0.3 is 5.97 Å². The molecule has 0 spiro atoms. The third-order valence-electron chi connectivity index (χ3n) is 3.13. The molecule has 1 unspecified atom stereocenters. The number of carboxylic acids is 1. The summed E-state index contributed by atoms with van der Waals surface area (Å²) < 4.78 is 26.9. The van der Waals surface area contributed by atoms with E-state index in [0.29, 0.717) is 19.5 Å². The highest BCUT2D eigenvalue weighted by atomic mass is 32.2. The van der Waals surface area contributed by atoms with E-state index < -0.39 is 16.2 Å². The molecule has 0 aromatic rings. The SMILES string of the molecule is CC(C)N(C)S(=O)(=O)N1CCC(CC(=O)O)C1. The highest BCUT2D eigenvalue weighted by molar-refractivity contribution is 7.86. The molecule has 0 bridgehead atoms. The van der Waals surface area contributed by atoms with Gasteiger partial charge in [-0.05, 0) is 26.2 Å². The fourth-order valence-corrected chi connectivity index (χ4v) is 3.50. The molecule has 0 aliphatic carbocycles. The third kappa shape index (κ3) is 3.40. The van der Waals surface area contributed by atoms with Crippen molar-refractivity contribution in [3.05, 3.63) is 0 Å². The van der Waals surface area contributed by atoms with Crippen LogP contribution in [0.1, 0.15) is 26.7 Å². The van der Waals surface area contributed by atoms with Crippen molar-refractivity contribution in [1.29, 1.82) is 0 Å². The summed E-state index contributed by atoms with van der Waals surface area (Å²) in [7, 11) is -1.89. The zero-order valence-electron chi connectivity index (χ0n) is 10.5. The molecule has 100 valence electrons. The molecule has 1 atom stereocenters. The number of carboxylic acid groups (broad SMARTS) is 1. The van der Waals surface area contributed by atoms with Crippen LogP contribution in [0.25, 0.3) is 0 Å². The van der Waals surface area contributed by atoms with Gasteiger partial charge < -0.3 is 5.11 Å². The number of carbonyl (C=O) groups is 1. The molecule has 0 aromatic carbocycles. The molecule has 0 aromatic heterocycles. The number of aliphatic carboxylic acids is 1. The third-order valence-corrected chi connectivity index (χ3v) is 5.26. The van der Waals surface area contributed by atoms with Gasteiger partial charge in [0.15, 0.2) is 0 Å². The standard InChI is InChI=1S/C10H20N2O4S/c1-8(2)11(3)17(15,16)12-5-4-9(7-12)6-10(13)14/h8-9H,4-7H2,1-3H3,(H,13,14). The Morgan fingerprint density at radius 1 is 1.53 bits per heavy atom. The van der Waals surface area contributed by atoms with E-state index in [1.807, 2.05) is 13.8 Å². The van der Waals surface area contributed by atoms with Crippen LogP contribution >= 0.6 is 0 Å². The topological polar surface area (TPSA) is 77.9 Å². The maximum Gasteiger partial charge on any atom is 0.303 e. The average molecular weight is 264 g/mol. The maximum absolute atomic E-state index is 12.1. The van der Waals surface area contributed by atoms with Crippen LogP contribution in [0.2, 0.25) is 0 Å². The Hall–Kier alpha value is -0.660. The quantitative estimate of drug-likeness (QED) is 0.778. The minimum absolute atomic E-state index is 0.0391. The Morgan fingerprint density at radius 2 is 2.12 bits per heavy atom. The van der Waals surface area contributed by atoms with Crippen molar-refractivity contribution < 1.29 is 18.3 Å². The summed E-state index contributed by atoms with van der Waals surface area (Å²) in [5.41, 5.74) is 0. The Balaban J connectivity index is 2.67. The molecule has 6 nitrogen and oxygen atoms in total. The van der Waals surface area contributed by atoms with Crippen molar-refractivity contribution in [3.8, 4) is 0 Å². The van der Waals surface area contributed by atoms with Crippen molar-refractivity contribution in [2.24, 2.45) is 5.92 Å². The summed E-state index contributed by atoms with van der Waals surface area (Å²) in [6.45, 7) is 4.34. The van der Waals surface area contributed by atoms with Gasteiger partial charge in [-0.25, -0.2) is 0 Å². The largest absolute Gasteiger partial charge is 0.481 e. The first kappa shape index (κ1) is 14.4. The van der Waals surface area contributed by atoms with Crippen LogP contribution in [0.4, 0.5) is 0 Å². The summed E-state index contributed by atoms with van der Waals surface area (Å²) in [5.74, 6) is -0.936. The second-order valence-corrected chi connectivity index (χ2v) is 6.72. The van der Waals surface area contributed by atoms with Gasteiger partial charge in [0, 0.05) is 32.6 Å². The maximum atomic E-state index is 12.1. The zero-order chi connectivity index (χ0) is 13.2. The predicted octanol–water partition coefficient (Wildman–Crippen LogP) is 0.368. The number of hydrogen-bond donors (Lipinski definition) is 1. The molecule has 1 aliphatic rings. The van der Waals surface area contributed by atoms with Crippen molar-refractivity contribution in [2.75, 3.05) is 20.1 Å². The predicted molar refractivity (Wildman–Crippen MR) is 63.8 cm³/mol. The normalized spacial score (nSPS) is 22.5. The van der Waals surface area contributed by atoms with E-state index in [2.05, 4.69) is 0 Å². The second-order valence-electron chi connectivity index (χ2n) is 4.73. The minimum Gasteiger partial charge on any atom is -0.481 e. The van der Waals surface area contributed by atoms with Gasteiger partial charge in [-0.3, -0.25) is 4.79 Å². The van der Waals surface area contributed by atoms with Crippen molar-refractivity contribution in [2.45, 2.75) is 32.7 Å². The lowest BCUT2D eigenvalue weighted by molar-refractivity contribution is -0.137. The Bertz CT molecular complexity index is 380. The smallest absolute Gasteiger partial charge is 0.303 e. The van der Waals surface area contributed by atoms with E-state index >= 15 is 0 Å². The molecular weight excluding hydrogens is 244 g/mol. The van der Waals surface area contributed by atoms with Gasteiger partial charge in [-0.1, -0.05) is 0 Å². The van der Waals surface area contributed by atoms with E-state index in [1.165, 1.54) is 8.61 Å². The first-order valence-corrected chi connectivity index (χ1v) is 7.09. The molecule has 1 heterocycles. The fraction of sp³-hybridized carbons (Fsp3) is 0.900. The summed E-state index contributed by atoms with van der Waals surface area (Å²) in [4.78, 5) is 10.6. The lowest BCUT2D eigenvalue weighted by Gasteiger charge is -2.26. The van der Waals surface area contributed by atoms with E-state index in [4.69, 9.17) is 5.11 Å². The van der Waals surface area contributed by atoms with Gasteiger partial charge in [-0.15, -0.1) is 0 Å².